The van der Waals surface area contributed by atoms with E-state index in [0.717, 1.165) is 5.02 Å². The van der Waals surface area contributed by atoms with E-state index in [9.17, 15) is 0 Å². The van der Waals surface area contributed by atoms with Crippen molar-refractivity contribution < 1.29 is 11.6 Å². The first-order chi connectivity index (χ1) is 16.7. The summed E-state index contributed by atoms with van der Waals surface area (Å²) in [4.78, 5) is 10.2. The first-order valence-corrected chi connectivity index (χ1v) is 29.8. The summed E-state index contributed by atoms with van der Waals surface area (Å²) in [6.45, 7) is 0. The molecule has 0 bridgehead atoms. The number of halogens is 1. The fourth-order valence-electron chi connectivity index (χ4n) is 6.01. The van der Waals surface area contributed by atoms with E-state index in [1.165, 1.54) is 33.4 Å². The maximum atomic E-state index is 5.47. The van der Waals surface area contributed by atoms with Gasteiger partial charge in [-0.15, -0.1) is 0 Å². The van der Waals surface area contributed by atoms with Crippen molar-refractivity contribution in [1.82, 2.24) is 0 Å². The van der Waals surface area contributed by atoms with Crippen LogP contribution in [0.2, 0.25) is 24.8 Å². The first-order valence-electron chi connectivity index (χ1n) is 12.3. The van der Waals surface area contributed by atoms with Crippen LogP contribution in [0.3, 0.4) is 0 Å². The predicted octanol–water partition coefficient (Wildman–Crippen LogP) is 5.66. The zero-order valence-corrected chi connectivity index (χ0v) is 27.2. The van der Waals surface area contributed by atoms with Crippen LogP contribution in [-0.4, -0.2) is 36.8 Å². The molecule has 0 nitrogen and oxygen atoms in total. The van der Waals surface area contributed by atoms with Gasteiger partial charge in [-0.1, -0.05) is 0 Å². The molecule has 2 aliphatic heterocycles. The molecule has 0 atom stereocenters. The van der Waals surface area contributed by atoms with Crippen LogP contribution in [0.5, 0.6) is 0 Å². The van der Waals surface area contributed by atoms with Gasteiger partial charge < -0.3 is 0 Å². The second-order valence-corrected chi connectivity index (χ2v) is 36.0. The molecule has 0 radical (unpaired) electrons. The Labute approximate surface area is 222 Å². The summed E-state index contributed by atoms with van der Waals surface area (Å²) in [5.41, 5.74) is 8.10. The quantitative estimate of drug-likeness (QED) is 0.227. The van der Waals surface area contributed by atoms with Crippen LogP contribution >= 0.6 is 0 Å². The summed E-state index contributed by atoms with van der Waals surface area (Å²) in [6.07, 6.45) is 9.27. The number of hydrogen-bond acceptors (Lipinski definition) is 0. The summed E-state index contributed by atoms with van der Waals surface area (Å²) in [6, 6.07) is 30.0. The van der Waals surface area contributed by atoms with Crippen LogP contribution in [-0.2, 0) is 0 Å². The van der Waals surface area contributed by atoms with Gasteiger partial charge in [-0.3, -0.25) is 0 Å². The third-order valence-electron chi connectivity index (χ3n) is 8.00. The summed E-state index contributed by atoms with van der Waals surface area (Å²) in [5.74, 6) is 0. The second-order valence-electron chi connectivity index (χ2n) is 10.9. The van der Waals surface area contributed by atoms with E-state index in [4.69, 9.17) is 11.6 Å². The van der Waals surface area contributed by atoms with Crippen LogP contribution in [0.1, 0.15) is 22.3 Å². The minimum absolute atomic E-state index is 0.926. The molecule has 35 heavy (non-hydrogen) atoms. The molecule has 4 aromatic rings. The van der Waals surface area contributed by atoms with Gasteiger partial charge >= 0.3 is 224 Å². The van der Waals surface area contributed by atoms with Crippen molar-refractivity contribution >= 4 is 75.4 Å². The van der Waals surface area contributed by atoms with Crippen molar-refractivity contribution in [2.75, 3.05) is 0 Å². The fourth-order valence-corrected chi connectivity index (χ4v) is 23.6. The Bertz CT molecular complexity index is 1560. The van der Waals surface area contributed by atoms with E-state index < -0.39 is 36.8 Å². The van der Waals surface area contributed by atoms with E-state index in [0.29, 0.717) is 0 Å². The number of fused-ring (bicyclic) bond motifs is 4. The van der Waals surface area contributed by atoms with E-state index in [1.54, 1.807) is 14.3 Å². The van der Waals surface area contributed by atoms with Gasteiger partial charge in [-0.2, -0.15) is 0 Å². The van der Waals surface area contributed by atoms with E-state index in [2.05, 4.69) is 123 Å². The summed E-state index contributed by atoms with van der Waals surface area (Å²) < 4.78 is 6.29. The van der Waals surface area contributed by atoms with Crippen molar-refractivity contribution in [3.05, 3.63) is 106 Å². The summed E-state index contributed by atoms with van der Waals surface area (Å²) >= 11 is 0.103. The molecule has 0 unspecified atom stereocenters. The first kappa shape index (κ1) is 23.6. The van der Waals surface area contributed by atoms with Gasteiger partial charge in [0, 0.05) is 0 Å². The fraction of sp³-hybridized carbons (Fsp3) is 0.125. The standard InChI is InChI=1S/C28H18Cl.4CH3.2Sn/c29-28-14-6-11-25(21-28)18-17-24-10-5-13-27(20-24)26-12-4-9-23(19-26)16-15-22-7-2-1-3-8-22;;;;;;/h1-7,12-21,29H;4*1H3;;/q+1;;;;;;. The van der Waals surface area contributed by atoms with Gasteiger partial charge in [0.05, 0.1) is 0 Å². The zero-order chi connectivity index (χ0) is 24.4. The third-order valence-corrected chi connectivity index (χ3v) is 28.8. The van der Waals surface area contributed by atoms with Crippen molar-refractivity contribution in [3.63, 3.8) is 0 Å². The minimum atomic E-state index is -2.72. The molecular formula is C32H30ClSn2+. The molecule has 0 N–H and O–H groups in total. The SMILES string of the molecule is [CH3][Sn]1([CH3])[c]2ccccc2C=Cc2cc(-c3cc[c]4c(c3)C=Cc3cc([ClH+])cc[c]3[Sn]4([CH3])[CH3])cc[c]21. The molecule has 0 saturated heterocycles. The van der Waals surface area contributed by atoms with E-state index in [1.807, 2.05) is 0 Å². The molecule has 2 heterocycles. The van der Waals surface area contributed by atoms with Crippen LogP contribution in [0.25, 0.3) is 35.4 Å². The predicted molar refractivity (Wildman–Crippen MR) is 157 cm³/mol. The molecule has 172 valence electrons. The van der Waals surface area contributed by atoms with Gasteiger partial charge in [0.15, 0.2) is 0 Å². The van der Waals surface area contributed by atoms with Crippen molar-refractivity contribution in [3.8, 4) is 11.1 Å². The van der Waals surface area contributed by atoms with E-state index >= 15 is 0 Å². The maximum absolute atomic E-state index is 5.47. The summed E-state index contributed by atoms with van der Waals surface area (Å²) in [7, 11) is 0. The Morgan fingerprint density at radius 3 is 1.46 bits per heavy atom. The zero-order valence-electron chi connectivity index (χ0n) is 20.7. The Kier molecular flexibility index (Phi) is 5.86. The van der Waals surface area contributed by atoms with Crippen LogP contribution in [0.4, 0.5) is 0 Å². The average molecular weight is 687 g/mol. The monoisotopic (exact) mass is 689 g/mol. The van der Waals surface area contributed by atoms with Crippen molar-refractivity contribution in [2.45, 2.75) is 19.8 Å². The van der Waals surface area contributed by atoms with E-state index in [-0.39, 0.29) is 0 Å². The Morgan fingerprint density at radius 1 is 0.457 bits per heavy atom. The van der Waals surface area contributed by atoms with Crippen LogP contribution in [0.15, 0.2) is 78.9 Å². The molecule has 2 aliphatic rings. The Morgan fingerprint density at radius 2 is 0.886 bits per heavy atom. The van der Waals surface area contributed by atoms with Crippen LogP contribution in [0, 0.1) is 11.6 Å². The normalized spacial score (nSPS) is 16.4. The van der Waals surface area contributed by atoms with Gasteiger partial charge in [0.25, 0.3) is 0 Å². The molecule has 0 spiro atoms. The molecule has 4 aromatic carbocycles. The third kappa shape index (κ3) is 3.97. The number of benzene rings is 4. The molecule has 3 heteroatoms. The molecular weight excluding hydrogens is 657 g/mol. The summed E-state index contributed by atoms with van der Waals surface area (Å²) in [5, 5.41) is 0.926. The Balaban J connectivity index is 1.46. The molecule has 0 saturated carbocycles. The van der Waals surface area contributed by atoms with Crippen molar-refractivity contribution in [1.29, 1.82) is 0 Å². The van der Waals surface area contributed by atoms with Crippen molar-refractivity contribution in [2.24, 2.45) is 0 Å². The number of rotatable bonds is 1. The van der Waals surface area contributed by atoms with Gasteiger partial charge in [-0.25, -0.2) is 0 Å². The molecule has 6 rings (SSSR count). The van der Waals surface area contributed by atoms with Gasteiger partial charge in [-0.05, 0) is 0 Å². The molecule has 0 aliphatic carbocycles. The molecule has 0 fully saturated rings. The molecule has 0 aromatic heterocycles. The Hall–Kier alpha value is -1.75. The second kappa shape index (κ2) is 8.67. The van der Waals surface area contributed by atoms with Gasteiger partial charge in [0.1, 0.15) is 0 Å². The molecule has 0 amide bonds. The van der Waals surface area contributed by atoms with Crippen LogP contribution < -0.4 is 14.3 Å². The number of hydrogen-bond donors (Lipinski definition) is 0. The van der Waals surface area contributed by atoms with Gasteiger partial charge in [0.2, 0.25) is 0 Å². The average Bonchev–Trinajstić information content (AvgIpc) is 3.03. The topological polar surface area (TPSA) is 0 Å².